The third-order valence-corrected chi connectivity index (χ3v) is 5.32. The number of aromatic nitrogens is 3. The van der Waals surface area contributed by atoms with E-state index in [1.807, 2.05) is 31.2 Å². The first-order valence-corrected chi connectivity index (χ1v) is 9.71. The maximum atomic E-state index is 13.1. The van der Waals surface area contributed by atoms with Gasteiger partial charge in [-0.3, -0.25) is 14.2 Å². The van der Waals surface area contributed by atoms with Crippen LogP contribution in [0.25, 0.3) is 21.5 Å². The maximum Gasteiger partial charge on any atom is 0.273 e. The van der Waals surface area contributed by atoms with Crippen molar-refractivity contribution in [3.63, 3.8) is 0 Å². The number of hydrogen-bond donors (Lipinski definition) is 1. The molecule has 0 radical (unpaired) electrons. The van der Waals surface area contributed by atoms with Crippen LogP contribution >= 0.6 is 11.5 Å². The number of hydrogen-bond acceptors (Lipinski definition) is 5. The van der Waals surface area contributed by atoms with E-state index in [1.54, 1.807) is 12.1 Å². The van der Waals surface area contributed by atoms with Gasteiger partial charge >= 0.3 is 0 Å². The Hall–Kier alpha value is -3.39. The molecule has 4 aromatic rings. The molecule has 0 fully saturated rings. The van der Waals surface area contributed by atoms with Crippen LogP contribution in [0.3, 0.4) is 0 Å². The van der Waals surface area contributed by atoms with E-state index < -0.39 is 0 Å². The summed E-state index contributed by atoms with van der Waals surface area (Å²) in [7, 11) is 0. The largest absolute Gasteiger partial charge is 0.350 e. The molecule has 0 aliphatic heterocycles. The highest BCUT2D eigenvalue weighted by molar-refractivity contribution is 7.13. The van der Waals surface area contributed by atoms with Gasteiger partial charge in [-0.2, -0.15) is 4.37 Å². The summed E-state index contributed by atoms with van der Waals surface area (Å²) in [5.41, 5.74) is 3.46. The van der Waals surface area contributed by atoms with Crippen LogP contribution in [0.1, 0.15) is 11.1 Å². The average Bonchev–Trinajstić information content (AvgIpc) is 3.15. The third kappa shape index (κ3) is 4.07. The van der Waals surface area contributed by atoms with Crippen LogP contribution < -0.4 is 10.9 Å². The van der Waals surface area contributed by atoms with Crippen LogP contribution in [-0.2, 0) is 17.9 Å². The molecule has 2 aromatic heterocycles. The highest BCUT2D eigenvalue weighted by Gasteiger charge is 2.15. The van der Waals surface area contributed by atoms with E-state index in [4.69, 9.17) is 0 Å². The van der Waals surface area contributed by atoms with Crippen molar-refractivity contribution in [2.75, 3.05) is 0 Å². The van der Waals surface area contributed by atoms with Gasteiger partial charge in [0, 0.05) is 12.1 Å². The lowest BCUT2D eigenvalue weighted by Crippen LogP contribution is -2.31. The summed E-state index contributed by atoms with van der Waals surface area (Å²) in [6.07, 6.45) is 1.34. The predicted octanol–water partition coefficient (Wildman–Crippen LogP) is 3.28. The van der Waals surface area contributed by atoms with E-state index in [0.29, 0.717) is 28.0 Å². The Balaban J connectivity index is 1.52. The Morgan fingerprint density at radius 2 is 1.86 bits per heavy atom. The van der Waals surface area contributed by atoms with Gasteiger partial charge in [0.25, 0.3) is 5.56 Å². The fourth-order valence-corrected chi connectivity index (χ4v) is 3.69. The topological polar surface area (TPSA) is 76.9 Å². The van der Waals surface area contributed by atoms with Gasteiger partial charge < -0.3 is 5.32 Å². The molecule has 0 saturated carbocycles. The first-order chi connectivity index (χ1) is 14.0. The molecule has 8 heteroatoms. The Morgan fingerprint density at radius 3 is 2.59 bits per heavy atom. The highest BCUT2D eigenvalue weighted by Crippen LogP contribution is 2.27. The first-order valence-electron chi connectivity index (χ1n) is 8.94. The summed E-state index contributed by atoms with van der Waals surface area (Å²) < 4.78 is 19.1. The Kier molecular flexibility index (Phi) is 5.18. The van der Waals surface area contributed by atoms with Crippen LogP contribution in [0.2, 0.25) is 0 Å². The van der Waals surface area contributed by atoms with E-state index in [1.165, 1.54) is 23.0 Å². The molecule has 6 nitrogen and oxygen atoms in total. The zero-order chi connectivity index (χ0) is 20.4. The number of amides is 1. The maximum absolute atomic E-state index is 13.1. The minimum Gasteiger partial charge on any atom is -0.350 e. The normalized spacial score (nSPS) is 11.0. The Labute approximate surface area is 169 Å². The molecule has 1 N–H and O–H groups in total. The van der Waals surface area contributed by atoms with Gasteiger partial charge in [0.15, 0.2) is 0 Å². The summed E-state index contributed by atoms with van der Waals surface area (Å²) in [5, 5.41) is 2.80. The van der Waals surface area contributed by atoms with Gasteiger partial charge in [-0.15, -0.1) is 0 Å². The van der Waals surface area contributed by atoms with Crippen molar-refractivity contribution >= 4 is 27.7 Å². The SMILES string of the molecule is Cc1ccc(CNC(=O)Cn2cnc3c(-c4ccc(F)cc4)nsc3c2=O)cc1. The van der Waals surface area contributed by atoms with Gasteiger partial charge in [0.1, 0.15) is 28.3 Å². The predicted molar refractivity (Wildman–Crippen MR) is 110 cm³/mol. The van der Waals surface area contributed by atoms with Gasteiger partial charge in [0.05, 0.1) is 6.33 Å². The molecule has 0 saturated heterocycles. The highest BCUT2D eigenvalue weighted by atomic mass is 32.1. The minimum atomic E-state index is -0.347. The number of aryl methyl sites for hydroxylation is 1. The fraction of sp³-hybridized carbons (Fsp3) is 0.143. The monoisotopic (exact) mass is 408 g/mol. The second kappa shape index (κ2) is 7.92. The number of nitrogens with zero attached hydrogens (tertiary/aromatic N) is 3. The Morgan fingerprint density at radius 1 is 1.14 bits per heavy atom. The zero-order valence-corrected chi connectivity index (χ0v) is 16.4. The third-order valence-electron chi connectivity index (χ3n) is 4.49. The van der Waals surface area contributed by atoms with Crippen LogP contribution in [0.4, 0.5) is 4.39 Å². The summed E-state index contributed by atoms with van der Waals surface area (Å²) >= 11 is 1.02. The average molecular weight is 408 g/mol. The quantitative estimate of drug-likeness (QED) is 0.550. The first kappa shape index (κ1) is 18.9. The van der Waals surface area contributed by atoms with Crippen molar-refractivity contribution in [3.8, 4) is 11.3 Å². The van der Waals surface area contributed by atoms with Crippen molar-refractivity contribution in [3.05, 3.63) is 82.2 Å². The number of carbonyl (C=O) groups is 1. The number of rotatable bonds is 5. The molecule has 0 aliphatic rings. The molecule has 146 valence electrons. The fourth-order valence-electron chi connectivity index (χ4n) is 2.88. The molecule has 0 aliphatic carbocycles. The van der Waals surface area contributed by atoms with Crippen LogP contribution in [0.5, 0.6) is 0 Å². The molecule has 2 aromatic carbocycles. The lowest BCUT2D eigenvalue weighted by Gasteiger charge is -2.07. The van der Waals surface area contributed by atoms with E-state index in [0.717, 1.165) is 22.7 Å². The van der Waals surface area contributed by atoms with Gasteiger partial charge in [-0.25, -0.2) is 9.37 Å². The Bertz CT molecular complexity index is 1230. The molecular formula is C21H17FN4O2S. The van der Waals surface area contributed by atoms with Gasteiger partial charge in [-0.05, 0) is 48.3 Å². The number of fused-ring (bicyclic) bond motifs is 1. The van der Waals surface area contributed by atoms with Crippen LogP contribution in [0.15, 0.2) is 59.7 Å². The van der Waals surface area contributed by atoms with E-state index in [2.05, 4.69) is 14.7 Å². The molecule has 0 unspecified atom stereocenters. The van der Waals surface area contributed by atoms with Crippen LogP contribution in [0, 0.1) is 12.7 Å². The molecular weight excluding hydrogens is 391 g/mol. The lowest BCUT2D eigenvalue weighted by molar-refractivity contribution is -0.121. The standard InChI is InChI=1S/C21H17FN4O2S/c1-13-2-4-14(5-3-13)10-23-17(27)11-26-12-24-19-18(25-29-20(19)21(26)28)15-6-8-16(22)9-7-15/h2-9,12H,10-11H2,1H3,(H,23,27). The summed E-state index contributed by atoms with van der Waals surface area (Å²) in [5.74, 6) is -0.627. The zero-order valence-electron chi connectivity index (χ0n) is 15.6. The number of benzene rings is 2. The molecule has 1 amide bonds. The van der Waals surface area contributed by atoms with E-state index in [-0.39, 0.29) is 23.8 Å². The number of nitrogens with one attached hydrogen (secondary N) is 1. The summed E-state index contributed by atoms with van der Waals surface area (Å²) in [6, 6.07) is 13.7. The van der Waals surface area contributed by atoms with E-state index >= 15 is 0 Å². The van der Waals surface area contributed by atoms with E-state index in [9.17, 15) is 14.0 Å². The molecule has 2 heterocycles. The number of halogens is 1. The molecule has 0 bridgehead atoms. The van der Waals surface area contributed by atoms with Crippen molar-refractivity contribution in [2.24, 2.45) is 0 Å². The minimum absolute atomic E-state index is 0.128. The van der Waals surface area contributed by atoms with Gasteiger partial charge in [0.2, 0.25) is 5.91 Å². The summed E-state index contributed by atoms with van der Waals surface area (Å²) in [4.78, 5) is 29.3. The van der Waals surface area contributed by atoms with Crippen LogP contribution in [-0.4, -0.2) is 19.8 Å². The van der Waals surface area contributed by atoms with Crippen molar-refractivity contribution in [2.45, 2.75) is 20.0 Å². The van der Waals surface area contributed by atoms with Crippen molar-refractivity contribution in [1.29, 1.82) is 0 Å². The second-order valence-electron chi connectivity index (χ2n) is 6.66. The van der Waals surface area contributed by atoms with Crippen molar-refractivity contribution < 1.29 is 9.18 Å². The van der Waals surface area contributed by atoms with Crippen molar-refractivity contribution in [1.82, 2.24) is 19.2 Å². The second-order valence-corrected chi connectivity index (χ2v) is 7.43. The molecule has 0 spiro atoms. The summed E-state index contributed by atoms with van der Waals surface area (Å²) in [6.45, 7) is 2.26. The smallest absolute Gasteiger partial charge is 0.273 e. The lowest BCUT2D eigenvalue weighted by atomic mass is 10.1. The van der Waals surface area contributed by atoms with Gasteiger partial charge in [-0.1, -0.05) is 29.8 Å². The molecule has 0 atom stereocenters. The molecule has 29 heavy (non-hydrogen) atoms. The molecule has 4 rings (SSSR count). The number of carbonyl (C=O) groups excluding carboxylic acids is 1.